The molecule has 1 N–H and O–H groups in total. The van der Waals surface area contributed by atoms with Crippen LogP contribution in [0.5, 0.6) is 0 Å². The van der Waals surface area contributed by atoms with Gasteiger partial charge in [0.1, 0.15) is 0 Å². The van der Waals surface area contributed by atoms with Crippen molar-refractivity contribution in [3.05, 3.63) is 22.4 Å². The molecular formula is C18H28N2OS. The predicted octanol–water partition coefficient (Wildman–Crippen LogP) is 3.62. The Kier molecular flexibility index (Phi) is 5.53. The highest BCUT2D eigenvalue weighted by Gasteiger charge is 2.30. The highest BCUT2D eigenvalue weighted by Crippen LogP contribution is 2.31. The van der Waals surface area contributed by atoms with Crippen molar-refractivity contribution in [2.45, 2.75) is 57.4 Å². The topological polar surface area (TPSA) is 32.3 Å². The van der Waals surface area contributed by atoms with Crippen molar-refractivity contribution in [3.63, 3.8) is 0 Å². The first-order valence-electron chi connectivity index (χ1n) is 8.74. The fraction of sp³-hybridized carbons (Fsp3) is 0.722. The van der Waals surface area contributed by atoms with Crippen LogP contribution in [0.3, 0.4) is 0 Å². The molecule has 1 aliphatic heterocycles. The number of amides is 1. The van der Waals surface area contributed by atoms with Crippen LogP contribution in [0, 0.1) is 5.92 Å². The minimum absolute atomic E-state index is 0.214. The highest BCUT2D eigenvalue weighted by molar-refractivity contribution is 7.10. The third-order valence-electron chi connectivity index (χ3n) is 5.26. The van der Waals surface area contributed by atoms with Crippen LogP contribution in [0.15, 0.2) is 17.5 Å². The molecule has 1 aliphatic carbocycles. The maximum atomic E-state index is 11.9. The van der Waals surface area contributed by atoms with Crippen LogP contribution in [-0.4, -0.2) is 36.5 Å². The molecule has 2 fully saturated rings. The van der Waals surface area contributed by atoms with Gasteiger partial charge in [-0.3, -0.25) is 4.79 Å². The van der Waals surface area contributed by atoms with Crippen LogP contribution in [0.2, 0.25) is 0 Å². The Bertz CT molecular complexity index is 467. The first-order chi connectivity index (χ1) is 10.7. The summed E-state index contributed by atoms with van der Waals surface area (Å²) in [5.74, 6) is 1.56. The van der Waals surface area contributed by atoms with E-state index in [1.54, 1.807) is 6.92 Å². The van der Waals surface area contributed by atoms with Crippen molar-refractivity contribution < 1.29 is 4.79 Å². The molecule has 3 nitrogen and oxygen atoms in total. The number of carbonyl (C=O) groups excluding carboxylic acids is 1. The second-order valence-corrected chi connectivity index (χ2v) is 7.96. The molecule has 1 saturated heterocycles. The third kappa shape index (κ3) is 4.11. The molecule has 1 saturated carbocycles. The molecule has 22 heavy (non-hydrogen) atoms. The summed E-state index contributed by atoms with van der Waals surface area (Å²) in [7, 11) is 0. The van der Waals surface area contributed by atoms with Gasteiger partial charge in [0.25, 0.3) is 0 Å². The summed E-state index contributed by atoms with van der Waals surface area (Å²) < 4.78 is 0. The lowest BCUT2D eigenvalue weighted by molar-refractivity contribution is -0.130. The number of nitrogens with zero attached hydrogens (tertiary/aromatic N) is 1. The zero-order valence-corrected chi connectivity index (χ0v) is 14.4. The third-order valence-corrected chi connectivity index (χ3v) is 6.30. The van der Waals surface area contributed by atoms with Crippen molar-refractivity contribution in [2.75, 3.05) is 19.6 Å². The average Bonchev–Trinajstić information content (AvgIpc) is 3.08. The maximum absolute atomic E-state index is 11.9. The zero-order chi connectivity index (χ0) is 15.4. The van der Waals surface area contributed by atoms with E-state index < -0.39 is 0 Å². The number of rotatable bonds is 4. The Hall–Kier alpha value is -0.870. The van der Waals surface area contributed by atoms with Gasteiger partial charge >= 0.3 is 0 Å². The van der Waals surface area contributed by atoms with E-state index in [2.05, 4.69) is 22.8 Å². The van der Waals surface area contributed by atoms with Gasteiger partial charge in [0, 0.05) is 36.9 Å². The van der Waals surface area contributed by atoms with Gasteiger partial charge < -0.3 is 10.2 Å². The predicted molar refractivity (Wildman–Crippen MR) is 92.3 cm³/mol. The Morgan fingerprint density at radius 2 is 2.14 bits per heavy atom. The number of hydrogen-bond donors (Lipinski definition) is 1. The molecule has 1 aromatic rings. The van der Waals surface area contributed by atoms with E-state index in [0.29, 0.717) is 12.0 Å². The standard InChI is InChI=1S/C18H28N2OS/c1-14(21)20-12-16(18-8-5-9-22-18)10-17(13-20)19-11-15-6-3-2-4-7-15/h5,8-9,15-17,19H,2-4,6-7,10-13H2,1H3. The summed E-state index contributed by atoms with van der Waals surface area (Å²) in [6.07, 6.45) is 8.13. The summed E-state index contributed by atoms with van der Waals surface area (Å²) in [6.45, 7) is 4.60. The molecule has 0 aromatic carbocycles. The van der Waals surface area contributed by atoms with E-state index in [1.807, 2.05) is 16.2 Å². The van der Waals surface area contributed by atoms with E-state index in [4.69, 9.17) is 0 Å². The van der Waals surface area contributed by atoms with Crippen LogP contribution in [0.25, 0.3) is 0 Å². The number of carbonyl (C=O) groups is 1. The van der Waals surface area contributed by atoms with E-state index in [1.165, 1.54) is 37.0 Å². The first kappa shape index (κ1) is 16.0. The molecule has 0 bridgehead atoms. The molecule has 2 aliphatic rings. The van der Waals surface area contributed by atoms with E-state index in [-0.39, 0.29) is 5.91 Å². The monoisotopic (exact) mass is 320 g/mol. The quantitative estimate of drug-likeness (QED) is 0.919. The van der Waals surface area contributed by atoms with Gasteiger partial charge in [-0.1, -0.05) is 25.3 Å². The summed E-state index contributed by atoms with van der Waals surface area (Å²) in [6, 6.07) is 4.79. The lowest BCUT2D eigenvalue weighted by atomic mass is 9.88. The minimum Gasteiger partial charge on any atom is -0.341 e. The van der Waals surface area contributed by atoms with Crippen molar-refractivity contribution in [3.8, 4) is 0 Å². The van der Waals surface area contributed by atoms with Crippen molar-refractivity contribution in [1.29, 1.82) is 0 Å². The number of nitrogens with one attached hydrogen (secondary N) is 1. The molecule has 1 amide bonds. The van der Waals surface area contributed by atoms with Crippen molar-refractivity contribution in [1.82, 2.24) is 10.2 Å². The second kappa shape index (κ2) is 7.60. The largest absolute Gasteiger partial charge is 0.341 e. The smallest absolute Gasteiger partial charge is 0.219 e. The van der Waals surface area contributed by atoms with Gasteiger partial charge in [-0.2, -0.15) is 0 Å². The minimum atomic E-state index is 0.214. The fourth-order valence-corrected chi connectivity index (χ4v) is 4.79. The molecule has 2 heterocycles. The molecule has 1 aromatic heterocycles. The van der Waals surface area contributed by atoms with Crippen molar-refractivity contribution >= 4 is 17.2 Å². The van der Waals surface area contributed by atoms with Gasteiger partial charge in [-0.05, 0) is 43.2 Å². The molecule has 2 atom stereocenters. The van der Waals surface area contributed by atoms with E-state index in [0.717, 1.165) is 32.0 Å². The van der Waals surface area contributed by atoms with Gasteiger partial charge in [0.15, 0.2) is 0 Å². The molecule has 0 radical (unpaired) electrons. The summed E-state index contributed by atoms with van der Waals surface area (Å²) in [5, 5.41) is 5.92. The molecule has 2 unspecified atom stereocenters. The number of likely N-dealkylation sites (tertiary alicyclic amines) is 1. The average molecular weight is 321 g/mol. The van der Waals surface area contributed by atoms with Crippen LogP contribution in [0.1, 0.15) is 56.2 Å². The summed E-state index contributed by atoms with van der Waals surface area (Å²) >= 11 is 1.83. The molecule has 122 valence electrons. The SMILES string of the molecule is CC(=O)N1CC(NCC2CCCCC2)CC(c2cccs2)C1. The molecule has 0 spiro atoms. The van der Waals surface area contributed by atoms with Gasteiger partial charge in [0.2, 0.25) is 5.91 Å². The molecule has 4 heteroatoms. The zero-order valence-electron chi connectivity index (χ0n) is 13.6. The molecular weight excluding hydrogens is 292 g/mol. The lowest BCUT2D eigenvalue weighted by Crippen LogP contribution is -2.50. The fourth-order valence-electron chi connectivity index (χ4n) is 3.96. The van der Waals surface area contributed by atoms with Crippen molar-refractivity contribution in [2.24, 2.45) is 5.92 Å². The number of hydrogen-bond acceptors (Lipinski definition) is 3. The van der Waals surface area contributed by atoms with Crippen LogP contribution < -0.4 is 5.32 Å². The highest BCUT2D eigenvalue weighted by atomic mass is 32.1. The Labute approximate surface area is 138 Å². The normalized spacial score (nSPS) is 27.0. The van der Waals surface area contributed by atoms with Gasteiger partial charge in [0.05, 0.1) is 0 Å². The first-order valence-corrected chi connectivity index (χ1v) is 9.62. The Balaban J connectivity index is 1.58. The summed E-state index contributed by atoms with van der Waals surface area (Å²) in [4.78, 5) is 15.3. The number of piperidine rings is 1. The maximum Gasteiger partial charge on any atom is 0.219 e. The van der Waals surface area contributed by atoms with Crippen LogP contribution >= 0.6 is 11.3 Å². The van der Waals surface area contributed by atoms with E-state index >= 15 is 0 Å². The van der Waals surface area contributed by atoms with Gasteiger partial charge in [-0.25, -0.2) is 0 Å². The lowest BCUT2D eigenvalue weighted by Gasteiger charge is -2.38. The van der Waals surface area contributed by atoms with Crippen LogP contribution in [-0.2, 0) is 4.79 Å². The summed E-state index contributed by atoms with van der Waals surface area (Å²) in [5.41, 5.74) is 0. The van der Waals surface area contributed by atoms with Gasteiger partial charge in [-0.15, -0.1) is 11.3 Å². The van der Waals surface area contributed by atoms with Crippen LogP contribution in [0.4, 0.5) is 0 Å². The van der Waals surface area contributed by atoms with E-state index in [9.17, 15) is 4.79 Å². The second-order valence-electron chi connectivity index (χ2n) is 6.98. The Morgan fingerprint density at radius 1 is 1.32 bits per heavy atom. The number of thiophene rings is 1. The molecule has 3 rings (SSSR count). The Morgan fingerprint density at radius 3 is 2.82 bits per heavy atom.